The van der Waals surface area contributed by atoms with Gasteiger partial charge in [-0.3, -0.25) is 0 Å². The summed E-state index contributed by atoms with van der Waals surface area (Å²) in [6.45, 7) is 4.38. The highest BCUT2D eigenvalue weighted by Gasteiger charge is 2.00. The maximum Gasteiger partial charge on any atom is 0.0736 e. The Morgan fingerprint density at radius 1 is 0.947 bits per heavy atom. The van der Waals surface area contributed by atoms with Crippen LogP contribution in [0.5, 0.6) is 0 Å². The number of rotatable bonds is 7. The van der Waals surface area contributed by atoms with E-state index in [4.69, 9.17) is 4.74 Å². The summed E-state index contributed by atoms with van der Waals surface area (Å²) in [5.41, 5.74) is 3.75. The van der Waals surface area contributed by atoms with Gasteiger partial charge in [-0.1, -0.05) is 48.5 Å². The molecule has 2 aromatic carbocycles. The van der Waals surface area contributed by atoms with Gasteiger partial charge in [0, 0.05) is 24.4 Å². The summed E-state index contributed by atoms with van der Waals surface area (Å²) >= 11 is 0. The van der Waals surface area contributed by atoms with Crippen LogP contribution in [0.25, 0.3) is 0 Å². The van der Waals surface area contributed by atoms with E-state index in [1.165, 1.54) is 16.8 Å². The minimum Gasteiger partial charge on any atom is -0.384 e. The first-order valence-corrected chi connectivity index (χ1v) is 6.83. The fraction of sp³-hybridized carbons (Fsp3) is 0.294. The summed E-state index contributed by atoms with van der Waals surface area (Å²) < 4.78 is 5.48. The molecule has 100 valence electrons. The van der Waals surface area contributed by atoms with Crippen LogP contribution in [0.2, 0.25) is 0 Å². The number of para-hydroxylation sites is 1. The molecule has 2 rings (SSSR count). The number of ether oxygens (including phenoxy) is 1. The minimum atomic E-state index is 0.672. The molecule has 0 unspecified atom stereocenters. The van der Waals surface area contributed by atoms with Gasteiger partial charge in [-0.2, -0.15) is 0 Å². The minimum absolute atomic E-state index is 0.672. The smallest absolute Gasteiger partial charge is 0.0736 e. The normalized spacial score (nSPS) is 10.4. The van der Waals surface area contributed by atoms with Gasteiger partial charge in [0.1, 0.15) is 0 Å². The molecule has 1 N–H and O–H groups in total. The van der Waals surface area contributed by atoms with Crippen LogP contribution >= 0.6 is 0 Å². The van der Waals surface area contributed by atoms with Gasteiger partial charge in [0.2, 0.25) is 0 Å². The molecule has 0 aromatic heterocycles. The second kappa shape index (κ2) is 7.59. The van der Waals surface area contributed by atoms with Crippen LogP contribution in [0.15, 0.2) is 54.6 Å². The fourth-order valence-corrected chi connectivity index (χ4v) is 2.02. The molecule has 0 heterocycles. The predicted octanol–water partition coefficient (Wildman–Crippen LogP) is 3.88. The maximum absolute atomic E-state index is 5.48. The van der Waals surface area contributed by atoms with Crippen molar-refractivity contribution in [2.24, 2.45) is 0 Å². The molecule has 0 aliphatic rings. The van der Waals surface area contributed by atoms with Crippen molar-refractivity contribution in [1.29, 1.82) is 0 Å². The molecule has 0 radical (unpaired) electrons. The second-order valence-corrected chi connectivity index (χ2v) is 4.46. The van der Waals surface area contributed by atoms with Crippen LogP contribution in [0.1, 0.15) is 18.1 Å². The lowest BCUT2D eigenvalue weighted by atomic mass is 10.1. The van der Waals surface area contributed by atoms with Crippen molar-refractivity contribution in [3.63, 3.8) is 0 Å². The molecule has 2 aromatic rings. The van der Waals surface area contributed by atoms with E-state index in [1.54, 1.807) is 0 Å². The van der Waals surface area contributed by atoms with E-state index in [1.807, 2.05) is 13.0 Å². The van der Waals surface area contributed by atoms with Crippen LogP contribution < -0.4 is 5.32 Å². The molecule has 0 aliphatic heterocycles. The van der Waals surface area contributed by atoms with Crippen molar-refractivity contribution in [3.8, 4) is 0 Å². The van der Waals surface area contributed by atoms with Crippen molar-refractivity contribution < 1.29 is 4.74 Å². The third-order valence-electron chi connectivity index (χ3n) is 3.05. The summed E-state index contributed by atoms with van der Waals surface area (Å²) in [5.74, 6) is 0. The number of hydrogen-bond donors (Lipinski definition) is 1. The number of anilines is 1. The zero-order valence-corrected chi connectivity index (χ0v) is 11.4. The Balaban J connectivity index is 1.88. The van der Waals surface area contributed by atoms with E-state index in [2.05, 4.69) is 53.8 Å². The summed E-state index contributed by atoms with van der Waals surface area (Å²) in [6.07, 6.45) is 1.03. The van der Waals surface area contributed by atoms with Crippen molar-refractivity contribution in [1.82, 2.24) is 0 Å². The van der Waals surface area contributed by atoms with Crippen LogP contribution in [0.4, 0.5) is 5.69 Å². The number of nitrogens with one attached hydrogen (secondary N) is 1. The van der Waals surface area contributed by atoms with Gasteiger partial charge in [0.25, 0.3) is 0 Å². The van der Waals surface area contributed by atoms with E-state index < -0.39 is 0 Å². The Kier molecular flexibility index (Phi) is 5.45. The lowest BCUT2D eigenvalue weighted by Gasteiger charge is -2.12. The Morgan fingerprint density at radius 3 is 2.47 bits per heavy atom. The molecule has 0 bridgehead atoms. The molecule has 0 saturated carbocycles. The average molecular weight is 255 g/mol. The largest absolute Gasteiger partial charge is 0.384 e. The monoisotopic (exact) mass is 255 g/mol. The van der Waals surface area contributed by atoms with Crippen LogP contribution in [0.3, 0.4) is 0 Å². The molecule has 19 heavy (non-hydrogen) atoms. The topological polar surface area (TPSA) is 21.3 Å². The number of hydrogen-bond acceptors (Lipinski definition) is 2. The molecule has 0 atom stereocenters. The molecule has 0 amide bonds. The predicted molar refractivity (Wildman–Crippen MR) is 80.4 cm³/mol. The van der Waals surface area contributed by atoms with Gasteiger partial charge in [-0.25, -0.2) is 0 Å². The lowest BCUT2D eigenvalue weighted by Crippen LogP contribution is -2.07. The fourth-order valence-electron chi connectivity index (χ4n) is 2.02. The van der Waals surface area contributed by atoms with Gasteiger partial charge < -0.3 is 10.1 Å². The van der Waals surface area contributed by atoms with E-state index in [9.17, 15) is 0 Å². The first kappa shape index (κ1) is 13.6. The Bertz CT molecular complexity index is 482. The SMILES string of the molecule is CCOCc1ccccc1NCCc1ccccc1. The summed E-state index contributed by atoms with van der Waals surface area (Å²) in [6, 6.07) is 18.9. The highest BCUT2D eigenvalue weighted by atomic mass is 16.5. The third kappa shape index (κ3) is 4.42. The molecule has 2 heteroatoms. The maximum atomic E-state index is 5.48. The van der Waals surface area contributed by atoms with Crippen LogP contribution in [0, 0.1) is 0 Å². The zero-order chi connectivity index (χ0) is 13.3. The average Bonchev–Trinajstić information content (AvgIpc) is 2.47. The van der Waals surface area contributed by atoms with Gasteiger partial charge in [-0.15, -0.1) is 0 Å². The Morgan fingerprint density at radius 2 is 1.68 bits per heavy atom. The van der Waals surface area contributed by atoms with Gasteiger partial charge in [0.05, 0.1) is 6.61 Å². The third-order valence-corrected chi connectivity index (χ3v) is 3.05. The molecule has 2 nitrogen and oxygen atoms in total. The molecule has 0 spiro atoms. The highest BCUT2D eigenvalue weighted by Crippen LogP contribution is 2.16. The zero-order valence-electron chi connectivity index (χ0n) is 11.4. The molecule has 0 fully saturated rings. The van der Waals surface area contributed by atoms with E-state index in [0.29, 0.717) is 6.61 Å². The van der Waals surface area contributed by atoms with Crippen molar-refractivity contribution in [2.75, 3.05) is 18.5 Å². The Labute approximate surface area is 115 Å². The van der Waals surface area contributed by atoms with Gasteiger partial charge in [0.15, 0.2) is 0 Å². The van der Waals surface area contributed by atoms with Crippen molar-refractivity contribution in [3.05, 3.63) is 65.7 Å². The van der Waals surface area contributed by atoms with Crippen molar-refractivity contribution >= 4 is 5.69 Å². The van der Waals surface area contributed by atoms with Gasteiger partial charge >= 0.3 is 0 Å². The molecular weight excluding hydrogens is 234 g/mol. The molecule has 0 aliphatic carbocycles. The highest BCUT2D eigenvalue weighted by molar-refractivity contribution is 5.50. The van der Waals surface area contributed by atoms with E-state index in [0.717, 1.165) is 19.6 Å². The lowest BCUT2D eigenvalue weighted by molar-refractivity contribution is 0.134. The van der Waals surface area contributed by atoms with Crippen molar-refractivity contribution in [2.45, 2.75) is 20.0 Å². The Hall–Kier alpha value is -1.80. The standard InChI is InChI=1S/C17H21NO/c1-2-19-14-16-10-6-7-11-17(16)18-13-12-15-8-4-3-5-9-15/h3-11,18H,2,12-14H2,1H3. The van der Waals surface area contributed by atoms with Gasteiger partial charge in [-0.05, 0) is 25.0 Å². The first-order chi connectivity index (χ1) is 9.40. The molecular formula is C17H21NO. The quantitative estimate of drug-likeness (QED) is 0.810. The number of benzene rings is 2. The summed E-state index contributed by atoms with van der Waals surface area (Å²) in [4.78, 5) is 0. The van der Waals surface area contributed by atoms with E-state index in [-0.39, 0.29) is 0 Å². The molecule has 0 saturated heterocycles. The van der Waals surface area contributed by atoms with E-state index >= 15 is 0 Å². The summed E-state index contributed by atoms with van der Waals surface area (Å²) in [5, 5.41) is 3.49. The van der Waals surface area contributed by atoms with Crippen LogP contribution in [-0.4, -0.2) is 13.2 Å². The second-order valence-electron chi connectivity index (χ2n) is 4.46. The van der Waals surface area contributed by atoms with Crippen LogP contribution in [-0.2, 0) is 17.8 Å². The summed E-state index contributed by atoms with van der Waals surface area (Å²) in [7, 11) is 0. The first-order valence-electron chi connectivity index (χ1n) is 6.83.